The first-order valence-electron chi connectivity index (χ1n) is 7.39. The standard InChI is InChI=1S/C16H19N3O3S/c1-3-10(2)14(16(21)22)19-13(20)8-11-9-23-15(18-11)12-6-4-5-7-17-12/h4-7,9-10,14H,3,8H2,1-2H3,(H,19,20)(H,21,22). The van der Waals surface area contributed by atoms with Crippen molar-refractivity contribution in [2.75, 3.05) is 0 Å². The van der Waals surface area contributed by atoms with E-state index in [1.807, 2.05) is 25.1 Å². The number of amides is 1. The van der Waals surface area contributed by atoms with Crippen molar-refractivity contribution in [1.29, 1.82) is 0 Å². The van der Waals surface area contributed by atoms with Crippen LogP contribution < -0.4 is 5.32 Å². The van der Waals surface area contributed by atoms with Gasteiger partial charge in [0.15, 0.2) is 0 Å². The van der Waals surface area contributed by atoms with Crippen LogP contribution in [0.4, 0.5) is 0 Å². The smallest absolute Gasteiger partial charge is 0.326 e. The molecule has 0 saturated carbocycles. The van der Waals surface area contributed by atoms with E-state index in [0.717, 1.165) is 10.7 Å². The summed E-state index contributed by atoms with van der Waals surface area (Å²) in [6.07, 6.45) is 2.42. The Bertz CT molecular complexity index is 672. The maximum atomic E-state index is 12.1. The minimum Gasteiger partial charge on any atom is -0.480 e. The van der Waals surface area contributed by atoms with Gasteiger partial charge >= 0.3 is 5.97 Å². The molecule has 2 aromatic rings. The lowest BCUT2D eigenvalue weighted by molar-refractivity contribution is -0.143. The molecule has 1 amide bonds. The first-order valence-corrected chi connectivity index (χ1v) is 8.27. The van der Waals surface area contributed by atoms with Gasteiger partial charge in [-0.05, 0) is 18.1 Å². The summed E-state index contributed by atoms with van der Waals surface area (Å²) in [5, 5.41) is 14.3. The summed E-state index contributed by atoms with van der Waals surface area (Å²) in [5.41, 5.74) is 1.37. The van der Waals surface area contributed by atoms with Crippen LogP contribution in [-0.4, -0.2) is 33.0 Å². The Hall–Kier alpha value is -2.28. The average molecular weight is 333 g/mol. The molecule has 2 atom stereocenters. The molecule has 0 saturated heterocycles. The molecular formula is C16H19N3O3S. The number of pyridine rings is 1. The number of carboxylic acids is 1. The summed E-state index contributed by atoms with van der Waals surface area (Å²) in [5.74, 6) is -1.48. The van der Waals surface area contributed by atoms with Crippen molar-refractivity contribution in [2.24, 2.45) is 5.92 Å². The number of carbonyl (C=O) groups is 2. The molecule has 122 valence electrons. The summed E-state index contributed by atoms with van der Waals surface area (Å²) in [7, 11) is 0. The average Bonchev–Trinajstić information content (AvgIpc) is 3.01. The minimum atomic E-state index is -1.01. The Morgan fingerprint density at radius 1 is 1.39 bits per heavy atom. The number of aromatic nitrogens is 2. The van der Waals surface area contributed by atoms with Crippen LogP contribution in [0.15, 0.2) is 29.8 Å². The molecule has 2 rings (SSSR count). The lowest BCUT2D eigenvalue weighted by Crippen LogP contribution is -2.45. The van der Waals surface area contributed by atoms with Gasteiger partial charge in [0.1, 0.15) is 11.0 Å². The number of nitrogens with zero attached hydrogens (tertiary/aromatic N) is 2. The lowest BCUT2D eigenvalue weighted by atomic mass is 9.99. The van der Waals surface area contributed by atoms with Crippen molar-refractivity contribution in [3.05, 3.63) is 35.5 Å². The van der Waals surface area contributed by atoms with Gasteiger partial charge in [0, 0.05) is 11.6 Å². The SMILES string of the molecule is CCC(C)C(NC(=O)Cc1csc(-c2ccccn2)n1)C(=O)O. The van der Waals surface area contributed by atoms with Gasteiger partial charge in [-0.2, -0.15) is 0 Å². The second kappa shape index (κ2) is 7.82. The van der Waals surface area contributed by atoms with Crippen LogP contribution >= 0.6 is 11.3 Å². The number of aliphatic carboxylic acids is 1. The summed E-state index contributed by atoms with van der Waals surface area (Å²) in [4.78, 5) is 31.9. The van der Waals surface area contributed by atoms with E-state index in [0.29, 0.717) is 12.1 Å². The van der Waals surface area contributed by atoms with Crippen LogP contribution in [0.1, 0.15) is 26.0 Å². The van der Waals surface area contributed by atoms with Gasteiger partial charge in [0.25, 0.3) is 0 Å². The topological polar surface area (TPSA) is 92.2 Å². The van der Waals surface area contributed by atoms with E-state index in [2.05, 4.69) is 15.3 Å². The van der Waals surface area contributed by atoms with Crippen molar-refractivity contribution in [3.63, 3.8) is 0 Å². The zero-order valence-electron chi connectivity index (χ0n) is 13.0. The number of rotatable bonds is 7. The van der Waals surface area contributed by atoms with Gasteiger partial charge in [0.2, 0.25) is 5.91 Å². The van der Waals surface area contributed by atoms with Crippen LogP contribution in [0.3, 0.4) is 0 Å². The van der Waals surface area contributed by atoms with E-state index in [1.54, 1.807) is 18.5 Å². The largest absolute Gasteiger partial charge is 0.480 e. The quantitative estimate of drug-likeness (QED) is 0.811. The highest BCUT2D eigenvalue weighted by Gasteiger charge is 2.25. The van der Waals surface area contributed by atoms with Crippen LogP contribution in [0.2, 0.25) is 0 Å². The van der Waals surface area contributed by atoms with Crippen LogP contribution in [0.25, 0.3) is 10.7 Å². The fourth-order valence-corrected chi connectivity index (χ4v) is 2.86. The molecule has 2 aromatic heterocycles. The predicted octanol–water partition coefficient (Wildman–Crippen LogP) is 2.36. The highest BCUT2D eigenvalue weighted by atomic mass is 32.1. The van der Waals surface area contributed by atoms with Crippen molar-refractivity contribution in [1.82, 2.24) is 15.3 Å². The highest BCUT2D eigenvalue weighted by molar-refractivity contribution is 7.13. The molecular weight excluding hydrogens is 314 g/mol. The molecule has 2 N–H and O–H groups in total. The molecule has 0 aliphatic rings. The zero-order chi connectivity index (χ0) is 16.8. The van der Waals surface area contributed by atoms with Crippen molar-refractivity contribution in [2.45, 2.75) is 32.7 Å². The maximum absolute atomic E-state index is 12.1. The van der Waals surface area contributed by atoms with E-state index in [-0.39, 0.29) is 18.2 Å². The Morgan fingerprint density at radius 3 is 2.78 bits per heavy atom. The molecule has 0 bridgehead atoms. The Kier molecular flexibility index (Phi) is 5.81. The van der Waals surface area contributed by atoms with Crippen molar-refractivity contribution < 1.29 is 14.7 Å². The Morgan fingerprint density at radius 2 is 2.17 bits per heavy atom. The van der Waals surface area contributed by atoms with Gasteiger partial charge in [-0.25, -0.2) is 9.78 Å². The summed E-state index contributed by atoms with van der Waals surface area (Å²) >= 11 is 1.41. The number of nitrogens with one attached hydrogen (secondary N) is 1. The van der Waals surface area contributed by atoms with E-state index in [1.165, 1.54) is 11.3 Å². The van der Waals surface area contributed by atoms with Gasteiger partial charge in [0.05, 0.1) is 17.8 Å². The number of thiazole rings is 1. The van der Waals surface area contributed by atoms with Gasteiger partial charge < -0.3 is 10.4 Å². The molecule has 0 aliphatic heterocycles. The fourth-order valence-electron chi connectivity index (χ4n) is 2.07. The fraction of sp³-hybridized carbons (Fsp3) is 0.375. The maximum Gasteiger partial charge on any atom is 0.326 e. The Labute approximate surface area is 138 Å². The predicted molar refractivity (Wildman–Crippen MR) is 88.1 cm³/mol. The molecule has 0 aliphatic carbocycles. The van der Waals surface area contributed by atoms with E-state index in [9.17, 15) is 14.7 Å². The van der Waals surface area contributed by atoms with Crippen molar-refractivity contribution >= 4 is 23.2 Å². The molecule has 7 heteroatoms. The van der Waals surface area contributed by atoms with Gasteiger partial charge in [-0.15, -0.1) is 11.3 Å². The van der Waals surface area contributed by atoms with Crippen molar-refractivity contribution in [3.8, 4) is 10.7 Å². The summed E-state index contributed by atoms with van der Waals surface area (Å²) in [6.45, 7) is 3.70. The van der Waals surface area contributed by atoms with E-state index in [4.69, 9.17) is 0 Å². The van der Waals surface area contributed by atoms with Gasteiger partial charge in [-0.3, -0.25) is 9.78 Å². The first kappa shape index (κ1) is 17.1. The third kappa shape index (κ3) is 4.59. The van der Waals surface area contributed by atoms with Crippen LogP contribution in [-0.2, 0) is 16.0 Å². The summed E-state index contributed by atoms with van der Waals surface area (Å²) < 4.78 is 0. The third-order valence-corrected chi connectivity index (χ3v) is 4.49. The zero-order valence-corrected chi connectivity index (χ0v) is 13.8. The van der Waals surface area contributed by atoms with Crippen LogP contribution in [0.5, 0.6) is 0 Å². The third-order valence-electron chi connectivity index (χ3n) is 3.57. The molecule has 0 spiro atoms. The molecule has 2 heterocycles. The van der Waals surface area contributed by atoms with Crippen LogP contribution in [0, 0.1) is 5.92 Å². The lowest BCUT2D eigenvalue weighted by Gasteiger charge is -2.19. The second-order valence-corrected chi connectivity index (χ2v) is 6.16. The minimum absolute atomic E-state index is 0.0591. The monoisotopic (exact) mass is 333 g/mol. The number of carboxylic acid groups (broad SMARTS) is 1. The molecule has 0 radical (unpaired) electrons. The molecule has 23 heavy (non-hydrogen) atoms. The second-order valence-electron chi connectivity index (χ2n) is 5.30. The van der Waals surface area contributed by atoms with Gasteiger partial charge in [-0.1, -0.05) is 26.3 Å². The summed E-state index contributed by atoms with van der Waals surface area (Å²) in [6, 6.07) is 4.68. The highest BCUT2D eigenvalue weighted by Crippen LogP contribution is 2.21. The molecule has 0 fully saturated rings. The first-order chi connectivity index (χ1) is 11.0. The van der Waals surface area contributed by atoms with E-state index < -0.39 is 12.0 Å². The molecule has 6 nitrogen and oxygen atoms in total. The normalized spacial score (nSPS) is 13.3. The Balaban J connectivity index is 2.01. The number of carbonyl (C=O) groups excluding carboxylic acids is 1. The van der Waals surface area contributed by atoms with E-state index >= 15 is 0 Å². The number of hydrogen-bond donors (Lipinski definition) is 2. The molecule has 0 aromatic carbocycles. The number of hydrogen-bond acceptors (Lipinski definition) is 5. The molecule has 2 unspecified atom stereocenters.